The number of aryl methyl sites for hydroxylation is 1. The van der Waals surface area contributed by atoms with E-state index in [1.165, 1.54) is 6.92 Å². The zero-order chi connectivity index (χ0) is 15.0. The topological polar surface area (TPSA) is 144 Å². The third-order valence-corrected chi connectivity index (χ3v) is 4.36. The molecule has 0 spiro atoms. The molecule has 8 nitrogen and oxygen atoms in total. The Hall–Kier alpha value is -1.76. The van der Waals surface area contributed by atoms with E-state index in [4.69, 9.17) is 5.11 Å². The van der Waals surface area contributed by atoms with Crippen LogP contribution in [0, 0.1) is 6.92 Å². The summed E-state index contributed by atoms with van der Waals surface area (Å²) in [7, 11) is 0. The Balaban J connectivity index is 3.78. The molecule has 0 heterocycles. The number of nitrogens with one attached hydrogen (secondary N) is 1. The molecule has 0 saturated carbocycles. The number of carbonyl (C=O) groups excluding carboxylic acids is 1. The van der Waals surface area contributed by atoms with E-state index in [-0.39, 0.29) is 5.56 Å². The molecule has 1 aromatic rings. The average Bonchev–Trinajstić information content (AvgIpc) is 2.20. The average molecular weight is 333 g/mol. The summed E-state index contributed by atoms with van der Waals surface area (Å²) in [6.45, 7) is 2.35. The van der Waals surface area contributed by atoms with Gasteiger partial charge in [0.1, 0.15) is 0 Å². The van der Waals surface area contributed by atoms with E-state index in [2.05, 4.69) is 0 Å². The van der Waals surface area contributed by atoms with Crippen molar-refractivity contribution in [1.29, 1.82) is 0 Å². The van der Waals surface area contributed by atoms with Crippen molar-refractivity contribution in [1.82, 2.24) is 0 Å². The predicted molar refractivity (Wildman–Crippen MR) is 64.6 cm³/mol. The SMILES string of the molecule is CC(=O)Nc1c([As](=O)(O)O)cc(C)c(O)c1C(=O)O. The Bertz CT molecular complexity index is 604. The second-order valence-corrected chi connectivity index (χ2v) is 7.14. The zero-order valence-electron chi connectivity index (χ0n) is 10.0. The van der Waals surface area contributed by atoms with Crippen LogP contribution in [0.15, 0.2) is 6.07 Å². The van der Waals surface area contributed by atoms with Crippen LogP contribution in [0.2, 0.25) is 0 Å². The number of carbonyl (C=O) groups is 2. The van der Waals surface area contributed by atoms with Gasteiger partial charge in [0.15, 0.2) is 0 Å². The molecule has 1 aromatic carbocycles. The van der Waals surface area contributed by atoms with Crippen LogP contribution < -0.4 is 9.67 Å². The monoisotopic (exact) mass is 333 g/mol. The first-order valence-corrected chi connectivity index (χ1v) is 8.37. The van der Waals surface area contributed by atoms with Gasteiger partial charge in [-0.2, -0.15) is 0 Å². The molecule has 0 atom stereocenters. The first kappa shape index (κ1) is 15.3. The Labute approximate surface area is 110 Å². The van der Waals surface area contributed by atoms with Gasteiger partial charge in [-0.1, -0.05) is 0 Å². The van der Waals surface area contributed by atoms with E-state index < -0.39 is 47.4 Å². The summed E-state index contributed by atoms with van der Waals surface area (Å²) < 4.78 is 29.3. The summed E-state index contributed by atoms with van der Waals surface area (Å²) in [5.41, 5.74) is -1.32. The number of amides is 1. The summed E-state index contributed by atoms with van der Waals surface area (Å²) >= 11 is -5.47. The second-order valence-electron chi connectivity index (χ2n) is 3.84. The van der Waals surface area contributed by atoms with Gasteiger partial charge in [-0.25, -0.2) is 0 Å². The number of hydrogen-bond acceptors (Lipinski definition) is 4. The number of phenols is 1. The summed E-state index contributed by atoms with van der Waals surface area (Å²) in [6, 6.07) is 0.965. The van der Waals surface area contributed by atoms with E-state index >= 15 is 0 Å². The van der Waals surface area contributed by atoms with Gasteiger partial charge in [0.25, 0.3) is 0 Å². The number of carboxylic acid groups (broad SMARTS) is 1. The fourth-order valence-electron chi connectivity index (χ4n) is 1.53. The molecule has 104 valence electrons. The van der Waals surface area contributed by atoms with Crippen LogP contribution in [0.25, 0.3) is 0 Å². The fraction of sp³-hybridized carbons (Fsp3) is 0.200. The standard InChI is InChI=1S/C10H12AsNO7/c1-4-3-6(11(17,18)19)8(12-5(2)13)7(9(4)14)10(15)16/h3,14H,1-2H3,(H,12,13)(H,15,16)(H2,17,18,19). The molecular formula is C10H12AsNO7. The maximum absolute atomic E-state index is 11.4. The van der Waals surface area contributed by atoms with E-state index in [1.54, 1.807) is 0 Å². The normalized spacial score (nSPS) is 11.2. The Kier molecular flexibility index (Phi) is 4.09. The Morgan fingerprint density at radius 2 is 1.84 bits per heavy atom. The number of hydrogen-bond donors (Lipinski definition) is 5. The van der Waals surface area contributed by atoms with Crippen molar-refractivity contribution in [3.05, 3.63) is 17.2 Å². The fourth-order valence-corrected chi connectivity index (χ4v) is 3.25. The zero-order valence-corrected chi connectivity index (χ0v) is 11.9. The number of anilines is 1. The van der Waals surface area contributed by atoms with Gasteiger partial charge in [-0.3, -0.25) is 0 Å². The summed E-state index contributed by atoms with van der Waals surface area (Å²) in [5.74, 6) is -2.96. The molecule has 0 aromatic heterocycles. The van der Waals surface area contributed by atoms with Crippen molar-refractivity contribution < 1.29 is 31.7 Å². The minimum absolute atomic E-state index is 0.00812. The summed E-state index contributed by atoms with van der Waals surface area (Å²) in [4.78, 5) is 22.1. The quantitative estimate of drug-likeness (QED) is 0.442. The number of benzene rings is 1. The van der Waals surface area contributed by atoms with E-state index in [0.29, 0.717) is 0 Å². The minimum atomic E-state index is -5.47. The molecule has 0 aliphatic rings. The van der Waals surface area contributed by atoms with Crippen LogP contribution in [0.1, 0.15) is 22.8 Å². The summed E-state index contributed by atoms with van der Waals surface area (Å²) in [5, 5.41) is 20.7. The van der Waals surface area contributed by atoms with Crippen molar-refractivity contribution >= 4 is 36.1 Å². The first-order chi connectivity index (χ1) is 8.55. The molecule has 0 radical (unpaired) electrons. The van der Waals surface area contributed by atoms with Crippen molar-refractivity contribution in [3.63, 3.8) is 0 Å². The molecule has 0 aliphatic heterocycles. The molecule has 1 rings (SSSR count). The Morgan fingerprint density at radius 3 is 2.21 bits per heavy atom. The van der Waals surface area contributed by atoms with Crippen molar-refractivity contribution in [2.75, 3.05) is 5.32 Å². The predicted octanol–water partition coefficient (Wildman–Crippen LogP) is -1.08. The van der Waals surface area contributed by atoms with E-state index in [0.717, 1.165) is 13.0 Å². The van der Waals surface area contributed by atoms with Crippen LogP contribution in [0.3, 0.4) is 0 Å². The Morgan fingerprint density at radius 1 is 1.32 bits per heavy atom. The number of aromatic hydroxyl groups is 1. The molecule has 0 unspecified atom stereocenters. The molecular weight excluding hydrogens is 321 g/mol. The van der Waals surface area contributed by atoms with Gasteiger partial charge in [0.05, 0.1) is 0 Å². The van der Waals surface area contributed by atoms with Crippen molar-refractivity contribution in [2.24, 2.45) is 0 Å². The van der Waals surface area contributed by atoms with Gasteiger partial charge >= 0.3 is 110 Å². The molecule has 0 saturated heterocycles. The van der Waals surface area contributed by atoms with Crippen LogP contribution in [0.4, 0.5) is 5.69 Å². The summed E-state index contributed by atoms with van der Waals surface area (Å²) in [6.07, 6.45) is 0. The molecule has 1 amide bonds. The van der Waals surface area contributed by atoms with Gasteiger partial charge in [0.2, 0.25) is 0 Å². The van der Waals surface area contributed by atoms with Gasteiger partial charge < -0.3 is 0 Å². The molecule has 5 N–H and O–H groups in total. The van der Waals surface area contributed by atoms with Crippen LogP contribution >= 0.6 is 0 Å². The van der Waals surface area contributed by atoms with E-state index in [1.807, 2.05) is 5.32 Å². The van der Waals surface area contributed by atoms with Crippen LogP contribution in [-0.2, 0) is 8.53 Å². The van der Waals surface area contributed by atoms with Crippen LogP contribution in [0.5, 0.6) is 5.75 Å². The van der Waals surface area contributed by atoms with Crippen LogP contribution in [-0.4, -0.2) is 44.5 Å². The van der Waals surface area contributed by atoms with Gasteiger partial charge in [-0.05, 0) is 0 Å². The molecule has 0 aliphatic carbocycles. The van der Waals surface area contributed by atoms with Gasteiger partial charge in [-0.15, -0.1) is 0 Å². The third kappa shape index (κ3) is 3.17. The maximum atomic E-state index is 11.4. The van der Waals surface area contributed by atoms with Gasteiger partial charge in [0, 0.05) is 0 Å². The van der Waals surface area contributed by atoms with Crippen molar-refractivity contribution in [2.45, 2.75) is 13.8 Å². The van der Waals surface area contributed by atoms with E-state index in [9.17, 15) is 26.6 Å². The first-order valence-electron chi connectivity index (χ1n) is 4.99. The van der Waals surface area contributed by atoms with Crippen molar-refractivity contribution in [3.8, 4) is 5.75 Å². The molecule has 0 fully saturated rings. The molecule has 0 bridgehead atoms. The third-order valence-electron chi connectivity index (χ3n) is 2.30. The molecule has 9 heteroatoms. The number of aromatic carboxylic acids is 1. The second kappa shape index (κ2) is 5.08. The number of rotatable bonds is 3. The molecule has 19 heavy (non-hydrogen) atoms. The number of carboxylic acids is 1.